The average Bonchev–Trinajstić information content (AvgIpc) is 2.86. The summed E-state index contributed by atoms with van der Waals surface area (Å²) in [5.41, 5.74) is 1.67. The molecule has 1 aromatic carbocycles. The smallest absolute Gasteiger partial charge is 0.126 e. The molecule has 21 heavy (non-hydrogen) atoms. The summed E-state index contributed by atoms with van der Waals surface area (Å²) >= 11 is 6.25. The molecule has 2 atom stereocenters. The standard InChI is InChI=1S/C18H25ClO2/c1-12(2)16-5-3-4-7-18(16,20)11-14-10-15(19)9-13-6-8-21-17(13)14/h9-10,12,16,20H,3-8,11H2,1-2H3. The summed E-state index contributed by atoms with van der Waals surface area (Å²) in [5.74, 6) is 1.84. The van der Waals surface area contributed by atoms with Gasteiger partial charge < -0.3 is 9.84 Å². The Bertz CT molecular complexity index is 526. The van der Waals surface area contributed by atoms with Crippen LogP contribution in [-0.2, 0) is 12.8 Å². The van der Waals surface area contributed by atoms with Crippen LogP contribution in [0.2, 0.25) is 5.02 Å². The van der Waals surface area contributed by atoms with E-state index < -0.39 is 5.60 Å². The molecule has 1 aromatic rings. The summed E-state index contributed by atoms with van der Waals surface area (Å²) in [6.07, 6.45) is 5.95. The maximum Gasteiger partial charge on any atom is 0.126 e. The number of fused-ring (bicyclic) bond motifs is 1. The van der Waals surface area contributed by atoms with E-state index in [9.17, 15) is 5.11 Å². The molecule has 3 heteroatoms. The van der Waals surface area contributed by atoms with Crippen LogP contribution in [-0.4, -0.2) is 17.3 Å². The molecule has 3 rings (SSSR count). The molecule has 2 unspecified atom stereocenters. The summed E-state index contributed by atoms with van der Waals surface area (Å²) in [4.78, 5) is 0. The van der Waals surface area contributed by atoms with Gasteiger partial charge in [0.2, 0.25) is 0 Å². The van der Waals surface area contributed by atoms with Gasteiger partial charge >= 0.3 is 0 Å². The van der Waals surface area contributed by atoms with E-state index in [2.05, 4.69) is 13.8 Å². The number of aliphatic hydroxyl groups is 1. The van der Waals surface area contributed by atoms with Gasteiger partial charge in [-0.1, -0.05) is 38.3 Å². The van der Waals surface area contributed by atoms with E-state index in [4.69, 9.17) is 16.3 Å². The van der Waals surface area contributed by atoms with Crippen molar-refractivity contribution in [3.05, 3.63) is 28.3 Å². The Morgan fingerprint density at radius 2 is 2.19 bits per heavy atom. The van der Waals surface area contributed by atoms with Crippen molar-refractivity contribution in [3.63, 3.8) is 0 Å². The molecule has 1 N–H and O–H groups in total. The SMILES string of the molecule is CC(C)C1CCCCC1(O)Cc1cc(Cl)cc2c1OCC2. The van der Waals surface area contributed by atoms with E-state index in [1.807, 2.05) is 12.1 Å². The van der Waals surface area contributed by atoms with Crippen molar-refractivity contribution in [2.24, 2.45) is 11.8 Å². The van der Waals surface area contributed by atoms with Gasteiger partial charge in [-0.15, -0.1) is 0 Å². The molecular weight excluding hydrogens is 284 g/mol. The predicted molar refractivity (Wildman–Crippen MR) is 86.1 cm³/mol. The van der Waals surface area contributed by atoms with Gasteiger partial charge in [-0.3, -0.25) is 0 Å². The van der Waals surface area contributed by atoms with Crippen molar-refractivity contribution in [2.45, 2.75) is 58.0 Å². The number of ether oxygens (including phenoxy) is 1. The van der Waals surface area contributed by atoms with E-state index in [0.717, 1.165) is 48.6 Å². The van der Waals surface area contributed by atoms with Crippen LogP contribution in [0.15, 0.2) is 12.1 Å². The zero-order valence-electron chi connectivity index (χ0n) is 13.0. The van der Waals surface area contributed by atoms with Crippen molar-refractivity contribution >= 4 is 11.6 Å². The van der Waals surface area contributed by atoms with Crippen LogP contribution in [0.25, 0.3) is 0 Å². The second kappa shape index (κ2) is 5.81. The lowest BCUT2D eigenvalue weighted by molar-refractivity contribution is -0.0655. The third-order valence-corrected chi connectivity index (χ3v) is 5.41. The van der Waals surface area contributed by atoms with Gasteiger partial charge in [-0.25, -0.2) is 0 Å². The number of halogens is 1. The average molecular weight is 309 g/mol. The largest absolute Gasteiger partial charge is 0.493 e. The monoisotopic (exact) mass is 308 g/mol. The number of rotatable bonds is 3. The highest BCUT2D eigenvalue weighted by Gasteiger charge is 2.41. The molecule has 2 nitrogen and oxygen atoms in total. The van der Waals surface area contributed by atoms with Crippen molar-refractivity contribution < 1.29 is 9.84 Å². The highest BCUT2D eigenvalue weighted by Crippen LogP contribution is 2.43. The zero-order chi connectivity index (χ0) is 15.0. The minimum absolute atomic E-state index is 0.363. The fourth-order valence-electron chi connectivity index (χ4n) is 4.23. The minimum atomic E-state index is -0.614. The van der Waals surface area contributed by atoms with Crippen LogP contribution in [0.1, 0.15) is 50.7 Å². The molecule has 0 amide bonds. The summed E-state index contributed by atoms with van der Waals surface area (Å²) in [5, 5.41) is 12.0. The lowest BCUT2D eigenvalue weighted by atomic mass is 9.67. The summed E-state index contributed by atoms with van der Waals surface area (Å²) < 4.78 is 5.80. The molecule has 0 saturated heterocycles. The maximum atomic E-state index is 11.3. The Balaban J connectivity index is 1.91. The van der Waals surface area contributed by atoms with Crippen molar-refractivity contribution in [2.75, 3.05) is 6.61 Å². The van der Waals surface area contributed by atoms with E-state index >= 15 is 0 Å². The van der Waals surface area contributed by atoms with E-state index in [1.54, 1.807) is 0 Å². The van der Waals surface area contributed by atoms with Gasteiger partial charge in [-0.2, -0.15) is 0 Å². The summed E-state index contributed by atoms with van der Waals surface area (Å²) in [6, 6.07) is 3.98. The van der Waals surface area contributed by atoms with Crippen LogP contribution in [0.4, 0.5) is 0 Å². The topological polar surface area (TPSA) is 29.5 Å². The number of benzene rings is 1. The molecule has 116 valence electrons. The van der Waals surface area contributed by atoms with Gasteiger partial charge in [0.25, 0.3) is 0 Å². The van der Waals surface area contributed by atoms with Gasteiger partial charge in [-0.05, 0) is 47.9 Å². The van der Waals surface area contributed by atoms with Crippen LogP contribution in [0.3, 0.4) is 0 Å². The van der Waals surface area contributed by atoms with Crippen LogP contribution >= 0.6 is 11.6 Å². The van der Waals surface area contributed by atoms with Gasteiger partial charge in [0.15, 0.2) is 0 Å². The minimum Gasteiger partial charge on any atom is -0.493 e. The van der Waals surface area contributed by atoms with Crippen LogP contribution < -0.4 is 4.74 Å². The zero-order valence-corrected chi connectivity index (χ0v) is 13.7. The predicted octanol–water partition coefficient (Wildman–Crippen LogP) is 4.39. The van der Waals surface area contributed by atoms with Crippen molar-refractivity contribution in [1.29, 1.82) is 0 Å². The highest BCUT2D eigenvalue weighted by atomic mass is 35.5. The van der Waals surface area contributed by atoms with E-state index in [1.165, 1.54) is 12.0 Å². The molecule has 0 spiro atoms. The number of hydrogen-bond donors (Lipinski definition) is 1. The van der Waals surface area contributed by atoms with E-state index in [0.29, 0.717) is 18.3 Å². The molecule has 1 heterocycles. The lowest BCUT2D eigenvalue weighted by Gasteiger charge is -2.42. The first-order valence-corrected chi connectivity index (χ1v) is 8.54. The second-order valence-corrected chi connectivity index (χ2v) is 7.46. The molecular formula is C18H25ClO2. The summed E-state index contributed by atoms with van der Waals surface area (Å²) in [7, 11) is 0. The van der Waals surface area contributed by atoms with Gasteiger partial charge in [0.05, 0.1) is 12.2 Å². The molecule has 1 saturated carbocycles. The first kappa shape index (κ1) is 15.2. The van der Waals surface area contributed by atoms with Crippen molar-refractivity contribution in [1.82, 2.24) is 0 Å². The van der Waals surface area contributed by atoms with Crippen molar-refractivity contribution in [3.8, 4) is 5.75 Å². The summed E-state index contributed by atoms with van der Waals surface area (Å²) in [6.45, 7) is 5.18. The maximum absolute atomic E-state index is 11.3. The van der Waals surface area contributed by atoms with Crippen LogP contribution in [0.5, 0.6) is 5.75 Å². The highest BCUT2D eigenvalue weighted by molar-refractivity contribution is 6.30. The first-order chi connectivity index (χ1) is 9.99. The van der Waals surface area contributed by atoms with Gasteiger partial charge in [0, 0.05) is 17.9 Å². The first-order valence-electron chi connectivity index (χ1n) is 8.16. The van der Waals surface area contributed by atoms with Gasteiger partial charge in [0.1, 0.15) is 5.75 Å². The Morgan fingerprint density at radius 1 is 1.38 bits per heavy atom. The quantitative estimate of drug-likeness (QED) is 0.897. The third kappa shape index (κ3) is 2.93. The fraction of sp³-hybridized carbons (Fsp3) is 0.667. The molecule has 0 bridgehead atoms. The fourth-order valence-corrected chi connectivity index (χ4v) is 4.49. The molecule has 0 aromatic heterocycles. The Hall–Kier alpha value is -0.730. The number of hydrogen-bond acceptors (Lipinski definition) is 2. The van der Waals surface area contributed by atoms with E-state index in [-0.39, 0.29) is 0 Å². The Labute approximate surface area is 132 Å². The lowest BCUT2D eigenvalue weighted by Crippen LogP contribution is -2.45. The second-order valence-electron chi connectivity index (χ2n) is 7.03. The normalized spacial score (nSPS) is 28.5. The third-order valence-electron chi connectivity index (χ3n) is 5.19. The molecule has 1 aliphatic carbocycles. The van der Waals surface area contributed by atoms with Crippen LogP contribution in [0, 0.1) is 11.8 Å². The molecule has 1 fully saturated rings. The molecule has 0 radical (unpaired) electrons. The Morgan fingerprint density at radius 3 is 2.95 bits per heavy atom. The Kier molecular flexibility index (Phi) is 4.20. The molecule has 2 aliphatic rings. The molecule has 1 aliphatic heterocycles.